The smallest absolute Gasteiger partial charge is 0.331 e. The van der Waals surface area contributed by atoms with Gasteiger partial charge in [-0.25, -0.2) is 9.18 Å². The van der Waals surface area contributed by atoms with Gasteiger partial charge in [0.05, 0.1) is 14.2 Å². The van der Waals surface area contributed by atoms with Gasteiger partial charge in [0.1, 0.15) is 5.82 Å². The maximum absolute atomic E-state index is 13.1. The summed E-state index contributed by atoms with van der Waals surface area (Å²) < 4.78 is 28.4. The normalized spacial score (nSPS) is 10.5. The van der Waals surface area contributed by atoms with E-state index in [0.717, 1.165) is 6.07 Å². The van der Waals surface area contributed by atoms with Gasteiger partial charge in [0.2, 0.25) is 0 Å². The van der Waals surface area contributed by atoms with E-state index in [4.69, 9.17) is 14.2 Å². The first-order valence-electron chi connectivity index (χ1n) is 7.39. The number of hydrogen-bond acceptors (Lipinski definition) is 5. The second kappa shape index (κ2) is 8.63. The largest absolute Gasteiger partial charge is 0.493 e. The van der Waals surface area contributed by atoms with Gasteiger partial charge in [-0.05, 0) is 24.3 Å². The number of Topliss-reactive ketones (excluding diaryl/α,β-unsaturated/α-hetero) is 1. The molecule has 2 rings (SSSR count). The first kappa shape index (κ1) is 18.2. The van der Waals surface area contributed by atoms with Crippen molar-refractivity contribution in [2.75, 3.05) is 20.8 Å². The molecule has 5 nitrogen and oxygen atoms in total. The number of ketones is 1. The molecule has 0 saturated heterocycles. The standard InChI is InChI=1S/C19H17FO5/c1-23-17-8-4-5-13(19(17)24-2)9-10-18(22)25-12-16(21)14-6-3-7-15(20)11-14/h3-11H,12H2,1-2H3/b10-9+. The van der Waals surface area contributed by atoms with Crippen LogP contribution in [0.1, 0.15) is 15.9 Å². The molecule has 0 aliphatic carbocycles. The molecule has 130 valence electrons. The van der Waals surface area contributed by atoms with Crippen LogP contribution in [0.5, 0.6) is 11.5 Å². The van der Waals surface area contributed by atoms with Crippen LogP contribution in [0.3, 0.4) is 0 Å². The summed E-state index contributed by atoms with van der Waals surface area (Å²) in [5.74, 6) is -0.707. The lowest BCUT2D eigenvalue weighted by Gasteiger charge is -2.09. The molecule has 0 aliphatic rings. The molecule has 0 aromatic heterocycles. The summed E-state index contributed by atoms with van der Waals surface area (Å²) in [6.45, 7) is -0.470. The van der Waals surface area contributed by atoms with Crippen molar-refractivity contribution in [2.45, 2.75) is 0 Å². The van der Waals surface area contributed by atoms with E-state index in [2.05, 4.69) is 0 Å². The first-order valence-corrected chi connectivity index (χ1v) is 7.39. The summed E-state index contributed by atoms with van der Waals surface area (Å²) in [6, 6.07) is 10.4. The minimum atomic E-state index is -0.699. The Hall–Kier alpha value is -3.15. The minimum absolute atomic E-state index is 0.145. The Morgan fingerprint density at radius 3 is 2.52 bits per heavy atom. The third-order valence-electron chi connectivity index (χ3n) is 3.32. The van der Waals surface area contributed by atoms with Gasteiger partial charge < -0.3 is 14.2 Å². The molecular formula is C19H17FO5. The average Bonchev–Trinajstić information content (AvgIpc) is 2.63. The van der Waals surface area contributed by atoms with E-state index in [9.17, 15) is 14.0 Å². The van der Waals surface area contributed by atoms with E-state index in [0.29, 0.717) is 17.1 Å². The monoisotopic (exact) mass is 344 g/mol. The van der Waals surface area contributed by atoms with E-state index in [1.807, 2.05) is 0 Å². The van der Waals surface area contributed by atoms with Gasteiger partial charge in [-0.1, -0.05) is 24.3 Å². The molecule has 25 heavy (non-hydrogen) atoms. The van der Waals surface area contributed by atoms with E-state index in [1.54, 1.807) is 18.2 Å². The van der Waals surface area contributed by atoms with Gasteiger partial charge in [0.25, 0.3) is 0 Å². The molecule has 0 aliphatic heterocycles. The topological polar surface area (TPSA) is 61.8 Å². The van der Waals surface area contributed by atoms with E-state index in [-0.39, 0.29) is 5.56 Å². The maximum atomic E-state index is 13.1. The van der Waals surface area contributed by atoms with Crippen LogP contribution in [-0.4, -0.2) is 32.6 Å². The Bertz CT molecular complexity index is 798. The second-order valence-corrected chi connectivity index (χ2v) is 4.96. The van der Waals surface area contributed by atoms with Crippen molar-refractivity contribution >= 4 is 17.8 Å². The third kappa shape index (κ3) is 4.91. The zero-order valence-corrected chi connectivity index (χ0v) is 13.8. The number of halogens is 1. The lowest BCUT2D eigenvalue weighted by Crippen LogP contribution is -2.12. The van der Waals surface area contributed by atoms with Crippen LogP contribution in [0.25, 0.3) is 6.08 Å². The quantitative estimate of drug-likeness (QED) is 0.438. The van der Waals surface area contributed by atoms with Crippen molar-refractivity contribution < 1.29 is 28.2 Å². The number of para-hydroxylation sites is 1. The van der Waals surface area contributed by atoms with Crippen molar-refractivity contribution in [2.24, 2.45) is 0 Å². The Balaban J connectivity index is 1.98. The fourth-order valence-corrected chi connectivity index (χ4v) is 2.13. The molecule has 0 bridgehead atoms. The molecular weight excluding hydrogens is 327 g/mol. The fourth-order valence-electron chi connectivity index (χ4n) is 2.13. The van der Waals surface area contributed by atoms with Gasteiger partial charge in [-0.2, -0.15) is 0 Å². The number of carbonyl (C=O) groups is 2. The molecule has 0 amide bonds. The van der Waals surface area contributed by atoms with Crippen LogP contribution >= 0.6 is 0 Å². The van der Waals surface area contributed by atoms with Crippen LogP contribution in [0.2, 0.25) is 0 Å². The Morgan fingerprint density at radius 2 is 1.84 bits per heavy atom. The first-order chi connectivity index (χ1) is 12.0. The van der Waals surface area contributed by atoms with Crippen molar-refractivity contribution in [3.8, 4) is 11.5 Å². The zero-order valence-electron chi connectivity index (χ0n) is 13.8. The number of esters is 1. The highest BCUT2D eigenvalue weighted by molar-refractivity contribution is 5.98. The molecule has 0 radical (unpaired) electrons. The average molecular weight is 344 g/mol. The molecule has 0 fully saturated rings. The van der Waals surface area contributed by atoms with Gasteiger partial charge in [0.15, 0.2) is 23.9 Å². The van der Waals surface area contributed by atoms with Crippen molar-refractivity contribution in [1.82, 2.24) is 0 Å². The van der Waals surface area contributed by atoms with Crippen molar-refractivity contribution in [1.29, 1.82) is 0 Å². The maximum Gasteiger partial charge on any atom is 0.331 e. The lowest BCUT2D eigenvalue weighted by atomic mass is 10.1. The van der Waals surface area contributed by atoms with Crippen molar-refractivity contribution in [3.63, 3.8) is 0 Å². The molecule has 2 aromatic rings. The van der Waals surface area contributed by atoms with Crippen LogP contribution in [0.15, 0.2) is 48.5 Å². The third-order valence-corrected chi connectivity index (χ3v) is 3.32. The number of rotatable bonds is 7. The predicted molar refractivity (Wildman–Crippen MR) is 90.3 cm³/mol. The number of carbonyl (C=O) groups excluding carboxylic acids is 2. The molecule has 0 spiro atoms. The zero-order chi connectivity index (χ0) is 18.2. The predicted octanol–water partition coefficient (Wildman–Crippen LogP) is 3.28. The summed E-state index contributed by atoms with van der Waals surface area (Å²) >= 11 is 0. The summed E-state index contributed by atoms with van der Waals surface area (Å²) in [6.07, 6.45) is 2.67. The summed E-state index contributed by atoms with van der Waals surface area (Å²) in [7, 11) is 3.00. The Kier molecular flexibility index (Phi) is 6.28. The summed E-state index contributed by atoms with van der Waals surface area (Å²) in [5, 5.41) is 0. The molecule has 0 N–H and O–H groups in total. The van der Waals surface area contributed by atoms with Gasteiger partial charge in [0, 0.05) is 17.2 Å². The highest BCUT2D eigenvalue weighted by Gasteiger charge is 2.10. The van der Waals surface area contributed by atoms with Gasteiger partial charge in [-0.15, -0.1) is 0 Å². The number of benzene rings is 2. The van der Waals surface area contributed by atoms with Crippen LogP contribution in [-0.2, 0) is 9.53 Å². The Morgan fingerprint density at radius 1 is 1.08 bits per heavy atom. The summed E-state index contributed by atoms with van der Waals surface area (Å²) in [4.78, 5) is 23.6. The number of hydrogen-bond donors (Lipinski definition) is 0. The molecule has 0 heterocycles. The fraction of sp³-hybridized carbons (Fsp3) is 0.158. The highest BCUT2D eigenvalue weighted by atomic mass is 19.1. The number of ether oxygens (including phenoxy) is 3. The van der Waals surface area contributed by atoms with Crippen LogP contribution < -0.4 is 9.47 Å². The molecule has 0 unspecified atom stereocenters. The van der Waals surface area contributed by atoms with Crippen LogP contribution in [0.4, 0.5) is 4.39 Å². The minimum Gasteiger partial charge on any atom is -0.493 e. The van der Waals surface area contributed by atoms with E-state index < -0.39 is 24.2 Å². The van der Waals surface area contributed by atoms with E-state index >= 15 is 0 Å². The van der Waals surface area contributed by atoms with Crippen molar-refractivity contribution in [3.05, 3.63) is 65.5 Å². The lowest BCUT2D eigenvalue weighted by molar-refractivity contribution is -0.136. The summed E-state index contributed by atoms with van der Waals surface area (Å²) in [5.41, 5.74) is 0.765. The molecule has 2 aromatic carbocycles. The molecule has 6 heteroatoms. The molecule has 0 atom stereocenters. The highest BCUT2D eigenvalue weighted by Crippen LogP contribution is 2.31. The number of methoxy groups -OCH3 is 2. The Labute approximate surface area is 144 Å². The second-order valence-electron chi connectivity index (χ2n) is 4.96. The van der Waals surface area contributed by atoms with Crippen LogP contribution in [0, 0.1) is 5.82 Å². The molecule has 0 saturated carbocycles. The SMILES string of the molecule is COc1cccc(/C=C/C(=O)OCC(=O)c2cccc(F)c2)c1OC. The van der Waals surface area contributed by atoms with Gasteiger partial charge >= 0.3 is 5.97 Å². The van der Waals surface area contributed by atoms with Gasteiger partial charge in [-0.3, -0.25) is 4.79 Å². The van der Waals surface area contributed by atoms with E-state index in [1.165, 1.54) is 44.6 Å².